The number of carbonyl (C=O) groups is 1. The van der Waals surface area contributed by atoms with Crippen LogP contribution in [0.4, 0.5) is 47.1 Å². The quantitative estimate of drug-likeness (QED) is 0.00797. The topological polar surface area (TPSA) is 853 Å². The number of anilines is 8. The number of hydrogen-bond acceptors (Lipinski definition) is 59. The van der Waals surface area contributed by atoms with Gasteiger partial charge in [-0.3, -0.25) is 83.8 Å². The van der Waals surface area contributed by atoms with Crippen molar-refractivity contribution in [2.45, 2.75) is 151 Å². The molecule has 8 aromatic rings. The van der Waals surface area contributed by atoms with Crippen molar-refractivity contribution in [2.24, 2.45) is 5.41 Å². The molecule has 7 unspecified atom stereocenters. The van der Waals surface area contributed by atoms with E-state index in [4.69, 9.17) is 139 Å². The van der Waals surface area contributed by atoms with Crippen LogP contribution in [0.3, 0.4) is 0 Å². The highest BCUT2D eigenvalue weighted by atomic mass is 32.2. The largest absolute Gasteiger partial charge is 0.790 e. The Hall–Kier alpha value is -7.52. The number of aliphatic hydroxyl groups excluding tert-OH is 1. The highest BCUT2D eigenvalue weighted by Gasteiger charge is 2.64. The molecule has 0 amide bonds. The van der Waals surface area contributed by atoms with Gasteiger partial charge in [0.15, 0.2) is 98.0 Å². The number of hydrazine groups is 4. The van der Waals surface area contributed by atoms with Gasteiger partial charge in [-0.1, -0.05) is 18.7 Å². The second kappa shape index (κ2) is 50.5. The first-order valence-corrected chi connectivity index (χ1v) is 52.0. The van der Waals surface area contributed by atoms with Gasteiger partial charge in [0.2, 0.25) is 23.8 Å². The molecule has 16 heterocycles. The zero-order valence-electron chi connectivity index (χ0n) is 76.9. The van der Waals surface area contributed by atoms with E-state index in [2.05, 4.69) is 86.0 Å². The maximum atomic E-state index is 13.3. The molecule has 140 heavy (non-hydrogen) atoms. The molecule has 20 N–H and O–H groups in total. The Morgan fingerprint density at radius 3 is 1.15 bits per heavy atom. The normalized spacial score (nSPS) is 28.9. The lowest BCUT2D eigenvalue weighted by Crippen LogP contribution is -2.47. The molecule has 8 saturated heterocycles. The Bertz CT molecular complexity index is 5870. The minimum absolute atomic E-state index is 0.00659. The van der Waals surface area contributed by atoms with Crippen LogP contribution in [-0.4, -0.2) is 361 Å². The number of ether oxygens (including phenoxy) is 5. The molecule has 8 aliphatic rings. The van der Waals surface area contributed by atoms with Crippen LogP contribution in [0.1, 0.15) is 79.8 Å². The third kappa shape index (κ3) is 28.4. The zero-order chi connectivity index (χ0) is 104. The number of nitrogens with two attached hydrogens (primary N) is 4. The molecule has 0 radical (unpaired) electrons. The van der Waals surface area contributed by atoms with Gasteiger partial charge in [-0.2, -0.15) is 91.1 Å². The van der Waals surface area contributed by atoms with Crippen LogP contribution in [0.15, 0.2) is 25.3 Å². The molecule has 0 spiro atoms. The number of phosphoric ester groups is 4. The Balaban J connectivity index is 0.000000219. The lowest BCUT2D eigenvalue weighted by molar-refractivity contribution is -0.121. The number of nitrogens with one attached hydrogen (secondary N) is 4. The van der Waals surface area contributed by atoms with Gasteiger partial charge in [-0.05, 0) is 48.0 Å². The number of imidazole rings is 4. The summed E-state index contributed by atoms with van der Waals surface area (Å²) in [6.07, 6.45) is -5.55. The van der Waals surface area contributed by atoms with Crippen LogP contribution >= 0.6 is 54.8 Å². The van der Waals surface area contributed by atoms with E-state index in [-0.39, 0.29) is 79.1 Å². The van der Waals surface area contributed by atoms with E-state index in [0.717, 1.165) is 18.2 Å². The fourth-order valence-electron chi connectivity index (χ4n) is 14.2. The van der Waals surface area contributed by atoms with Gasteiger partial charge >= 0.3 is 77.6 Å². The number of aromatic nitrogens is 16. The molecule has 8 aromatic heterocycles. The number of thioether (sulfide) groups is 2. The van der Waals surface area contributed by atoms with E-state index in [1.807, 2.05) is 32.5 Å². The summed E-state index contributed by atoms with van der Waals surface area (Å²) < 4.78 is 197. The van der Waals surface area contributed by atoms with Crippen molar-refractivity contribution >= 4 is 211 Å². The summed E-state index contributed by atoms with van der Waals surface area (Å²) in [6, 6.07) is 0. The first kappa shape index (κ1) is 118. The second-order valence-electron chi connectivity index (χ2n) is 31.4. The number of nitrogen functional groups attached to an aromatic ring is 4. The first-order chi connectivity index (χ1) is 65.8. The lowest BCUT2D eigenvalue weighted by atomic mass is 9.96. The third-order valence-electron chi connectivity index (χ3n) is 21.0. The van der Waals surface area contributed by atoms with E-state index in [1.54, 1.807) is 76.4 Å². The van der Waals surface area contributed by atoms with Gasteiger partial charge < -0.3 is 99.5 Å². The van der Waals surface area contributed by atoms with Crippen LogP contribution in [0.5, 0.6) is 0 Å². The predicted molar refractivity (Wildman–Crippen MR) is 498 cm³/mol. The molecule has 8 aliphatic heterocycles. The standard InChI is InChI=1S/C23H38N7O8PS.C15H24N7O6PS.C13H22N7O7P.C13H20N7O6P.C2H4S.4O2S/c1-7-8-34-12-22(2,3)20(31)40-10-9-35-39(33)36-11-14-16(38-39)23(4,32)19(37-14)30-13-26-15-17(29(6)25-5)27-21(24)28-18(15)30;1-15(23)10-8(6-26-29(24,28-10)25-4-5-30)27-13(15)22-7-18-9-11(21(3)17-2)19-14(16)20-12(9)22;1-13(22)8(21)6(4-26-28(23,24)25)27-11(13)20-5-16-7-9(19(3)15-2)17-12(14)18-10(7)20;1-13(21)8-6(4-24-27(22,23)26-8)25-11(13)20-5-16-7-9(19(3)15-2)17-12(14)18-10(7)20;1-2-3-1;4*1-3-2/h13-14,16,19,25,32H,7-12H2,1-6H3,(H2,24,27,28);7-8,10,13,17,23,30H,4-6H2,1-3H3,(H2,16,19,20);5-6,8,11,15,21-22H,4H2,1-3H3,(H2,14,17,18)(H2,23,24,25);5-6,8,11,15,21H,4H2,1-3H3,(H,22,23)(H2,14,17,18);1-2H2;;;;/p-1/t14-,16?,19-,23+,39?;8-,10?,13-,15+,29?;2*6-,8?,11-,13+;;;;;/m1111...../s1. The Morgan fingerprint density at radius 1 is 0.543 bits per heavy atom. The van der Waals surface area contributed by atoms with Crippen LogP contribution in [-0.2, 0) is 146 Å². The number of hydrogen-bond donors (Lipinski definition) is 16. The zero-order valence-corrected chi connectivity index (χ0v) is 86.2. The molecule has 8 fully saturated rings. The third-order valence-corrected chi connectivity index (χ3v) is 27.1. The summed E-state index contributed by atoms with van der Waals surface area (Å²) in [7, 11) is -3.17. The van der Waals surface area contributed by atoms with Gasteiger partial charge in [0.05, 0.1) is 70.4 Å². The number of phosphoric acid groups is 4. The number of rotatable bonds is 27. The van der Waals surface area contributed by atoms with E-state index < -0.39 is 186 Å². The van der Waals surface area contributed by atoms with Crippen molar-refractivity contribution in [1.29, 1.82) is 0 Å². The van der Waals surface area contributed by atoms with Crippen molar-refractivity contribution in [3.63, 3.8) is 0 Å². The second-order valence-corrected chi connectivity index (χ2v) is 40.6. The number of nitrogens with zero attached hydrogens (tertiary/aromatic N) is 20. The number of aliphatic hydroxyl groups is 5. The Kier molecular flexibility index (Phi) is 42.5. The molecule has 0 saturated carbocycles. The monoisotopic (exact) mass is 2200 g/mol. The fourth-order valence-corrected chi connectivity index (χ4v) is 19.6. The summed E-state index contributed by atoms with van der Waals surface area (Å²) in [5.41, 5.74) is 30.6. The lowest BCUT2D eigenvalue weighted by Gasteiger charge is -2.35. The van der Waals surface area contributed by atoms with Crippen LogP contribution in [0.25, 0.3) is 44.7 Å². The highest BCUT2D eigenvalue weighted by Crippen LogP contribution is 2.61. The molecule has 784 valence electrons. The minimum atomic E-state index is -4.77. The molecular weight excluding hydrogens is 2090 g/mol. The minimum Gasteiger partial charge on any atom is -0.790 e. The number of carbonyl (C=O) groups excluding carboxylic acids is 1. The summed E-state index contributed by atoms with van der Waals surface area (Å²) in [5.74, 6) is 5.00. The molecule has 63 nitrogen and oxygen atoms in total. The van der Waals surface area contributed by atoms with Crippen molar-refractivity contribution in [1.82, 2.24) is 99.8 Å². The molecule has 74 heteroatoms. The van der Waals surface area contributed by atoms with Crippen LogP contribution in [0.2, 0.25) is 0 Å². The van der Waals surface area contributed by atoms with Gasteiger partial charge in [0.1, 0.15) is 71.2 Å². The van der Waals surface area contributed by atoms with Crippen LogP contribution < -0.4 is 64.7 Å². The van der Waals surface area contributed by atoms with Crippen LogP contribution in [0, 0.1) is 5.41 Å². The van der Waals surface area contributed by atoms with E-state index >= 15 is 0 Å². The van der Waals surface area contributed by atoms with Gasteiger partial charge in [-0.15, -0.1) is 0 Å². The Morgan fingerprint density at radius 2 is 0.850 bits per heavy atom. The maximum Gasteiger partial charge on any atom is 0.475 e. The molecular formula is C66H107N28O35P4S7-. The average molecular weight is 2200 g/mol. The van der Waals surface area contributed by atoms with E-state index in [9.17, 15) is 53.5 Å². The average Bonchev–Trinajstić information content (AvgIpc) is 1.90. The summed E-state index contributed by atoms with van der Waals surface area (Å²) in [5, 5.41) is 61.4. The van der Waals surface area contributed by atoms with Crippen molar-refractivity contribution in [3.8, 4) is 0 Å². The highest BCUT2D eigenvalue weighted by molar-refractivity contribution is 8.13. The Labute approximate surface area is 823 Å². The first-order valence-electron chi connectivity index (χ1n) is 40.7. The molecule has 16 rings (SSSR count). The maximum absolute atomic E-state index is 13.3. The van der Waals surface area contributed by atoms with Crippen molar-refractivity contribution < 1.29 is 161 Å². The molecule has 0 aromatic carbocycles. The predicted octanol–water partition coefficient (Wildman–Crippen LogP) is -3.11. The molecule has 0 bridgehead atoms. The SMILES string of the molecule is C1CS1.CCCOCC(C)(C)C(=O)SCCOP1(=O)OC[C@H]2O[C@@H](n3cnc4c(N(C)NC)nc(N)nc43)[C@@](C)(O)C2O1.CNN(C)c1nc(N)nc2c1ncn2[C@@H]1O[C@@H]2COP(=O)(O)OC2[C@]1(C)O.CNN(C)c1nc(N)nc2c1ncn2[C@@H]1O[C@@H]2COP(=O)(OCC[S-])OC2[C@]1(C)O.CNN(C)c1nc(N)nc2c1ncn2[C@@H]1O[C@H](COP(=O)(O)O)C(O)[C@]1(C)O.O=S=O.O=S=O.O=S=O.O=S=O. The van der Waals surface area contributed by atoms with Gasteiger partial charge in [0, 0.05) is 86.9 Å². The van der Waals surface area contributed by atoms with Crippen molar-refractivity contribution in [3.05, 3.63) is 25.3 Å². The van der Waals surface area contributed by atoms with Gasteiger partial charge in [0.25, 0.3) is 0 Å². The smallest absolute Gasteiger partial charge is 0.475 e. The van der Waals surface area contributed by atoms with E-state index in [1.165, 1.54) is 82.8 Å². The summed E-state index contributed by atoms with van der Waals surface area (Å²) in [4.78, 5) is 90.9. The number of fused-ring (bicyclic) bond motifs is 7. The molecule has 0 aliphatic carbocycles. The van der Waals surface area contributed by atoms with Gasteiger partial charge in [-0.25, -0.2) is 59.9 Å². The van der Waals surface area contributed by atoms with E-state index in [0.29, 0.717) is 75.5 Å². The fraction of sp³-hybridized carbons (Fsp3) is 0.682. The summed E-state index contributed by atoms with van der Waals surface area (Å²) >= 11 is 4.87. The summed E-state index contributed by atoms with van der Waals surface area (Å²) in [6.45, 7) is 11.3. The molecule has 19 atom stereocenters. The van der Waals surface area contributed by atoms with Crippen molar-refractivity contribution in [2.75, 3.05) is 175 Å².